The van der Waals surface area contributed by atoms with Crippen molar-refractivity contribution in [1.82, 2.24) is 14.9 Å². The minimum atomic E-state index is -3.51. The van der Waals surface area contributed by atoms with E-state index >= 15 is 0 Å². The van der Waals surface area contributed by atoms with Crippen LogP contribution in [-0.4, -0.2) is 50.9 Å². The van der Waals surface area contributed by atoms with E-state index in [0.29, 0.717) is 18.7 Å². The van der Waals surface area contributed by atoms with E-state index in [9.17, 15) is 13.2 Å². The van der Waals surface area contributed by atoms with Crippen LogP contribution < -0.4 is 10.6 Å². The summed E-state index contributed by atoms with van der Waals surface area (Å²) in [5, 5.41) is 6.24. The van der Waals surface area contributed by atoms with Gasteiger partial charge in [0.15, 0.2) is 0 Å². The number of rotatable bonds is 4. The Hall–Kier alpha value is -1.44. The molecule has 0 saturated carbocycles. The van der Waals surface area contributed by atoms with Gasteiger partial charge in [0.2, 0.25) is 10.0 Å². The van der Waals surface area contributed by atoms with Crippen LogP contribution in [0.2, 0.25) is 0 Å². The van der Waals surface area contributed by atoms with Gasteiger partial charge in [-0.25, -0.2) is 8.42 Å². The summed E-state index contributed by atoms with van der Waals surface area (Å²) in [6, 6.07) is 6.48. The second kappa shape index (κ2) is 7.63. The zero-order valence-electron chi connectivity index (χ0n) is 13.8. The summed E-state index contributed by atoms with van der Waals surface area (Å²) in [4.78, 5) is 12.6. The summed E-state index contributed by atoms with van der Waals surface area (Å²) in [6.07, 6.45) is 4.85. The van der Waals surface area contributed by atoms with Crippen molar-refractivity contribution < 1.29 is 13.2 Å². The quantitative estimate of drug-likeness (QED) is 0.858. The molecule has 0 unspecified atom stereocenters. The maximum absolute atomic E-state index is 12.7. The molecule has 2 N–H and O–H groups in total. The number of sulfonamides is 1. The van der Waals surface area contributed by atoms with Gasteiger partial charge in [0.25, 0.3) is 5.91 Å². The van der Waals surface area contributed by atoms with Crippen LogP contribution in [0.15, 0.2) is 29.2 Å². The summed E-state index contributed by atoms with van der Waals surface area (Å²) in [6.45, 7) is 2.87. The minimum absolute atomic E-state index is 0.105. The molecule has 2 aliphatic rings. The molecule has 1 atom stereocenters. The van der Waals surface area contributed by atoms with Crippen molar-refractivity contribution in [1.29, 1.82) is 0 Å². The van der Waals surface area contributed by atoms with E-state index in [1.807, 2.05) is 0 Å². The molecule has 7 heteroatoms. The third-order valence-electron chi connectivity index (χ3n) is 4.68. The average Bonchev–Trinajstić information content (AvgIpc) is 2.63. The lowest BCUT2D eigenvalue weighted by Crippen LogP contribution is -2.45. The molecular formula is C17H25N3O3S. The zero-order chi connectivity index (χ0) is 17.0. The Labute approximate surface area is 143 Å². The first-order valence-corrected chi connectivity index (χ1v) is 10.1. The van der Waals surface area contributed by atoms with Gasteiger partial charge in [0.1, 0.15) is 0 Å². The molecule has 0 aromatic heterocycles. The maximum Gasteiger partial charge on any atom is 0.251 e. The fraction of sp³-hybridized carbons (Fsp3) is 0.588. The molecule has 24 heavy (non-hydrogen) atoms. The molecule has 1 amide bonds. The van der Waals surface area contributed by atoms with E-state index < -0.39 is 10.0 Å². The van der Waals surface area contributed by atoms with Crippen molar-refractivity contribution >= 4 is 15.9 Å². The van der Waals surface area contributed by atoms with E-state index in [4.69, 9.17) is 0 Å². The Balaban J connectivity index is 1.74. The van der Waals surface area contributed by atoms with Crippen LogP contribution in [-0.2, 0) is 10.0 Å². The highest BCUT2D eigenvalue weighted by Gasteiger charge is 2.26. The highest BCUT2D eigenvalue weighted by atomic mass is 32.2. The van der Waals surface area contributed by atoms with Crippen LogP contribution in [0.4, 0.5) is 0 Å². The largest absolute Gasteiger partial charge is 0.348 e. The predicted molar refractivity (Wildman–Crippen MR) is 92.4 cm³/mol. The van der Waals surface area contributed by atoms with Crippen LogP contribution in [0.5, 0.6) is 0 Å². The fourth-order valence-corrected chi connectivity index (χ4v) is 4.86. The molecular weight excluding hydrogens is 326 g/mol. The van der Waals surface area contributed by atoms with Gasteiger partial charge in [-0.05, 0) is 50.4 Å². The lowest BCUT2D eigenvalue weighted by molar-refractivity contribution is 0.0930. The minimum Gasteiger partial charge on any atom is -0.348 e. The third kappa shape index (κ3) is 3.96. The molecule has 3 rings (SSSR count). The van der Waals surface area contributed by atoms with Gasteiger partial charge in [-0.3, -0.25) is 4.79 Å². The van der Waals surface area contributed by atoms with Crippen molar-refractivity contribution in [2.24, 2.45) is 0 Å². The Bertz CT molecular complexity index is 678. The first kappa shape index (κ1) is 17.4. The van der Waals surface area contributed by atoms with Gasteiger partial charge in [-0.15, -0.1) is 0 Å². The van der Waals surface area contributed by atoms with Crippen molar-refractivity contribution in [3.63, 3.8) is 0 Å². The first-order valence-electron chi connectivity index (χ1n) is 8.69. The summed E-state index contributed by atoms with van der Waals surface area (Å²) in [5.41, 5.74) is 0.402. The molecule has 2 heterocycles. The predicted octanol–water partition coefficient (Wildman–Crippen LogP) is 1.34. The number of nitrogens with one attached hydrogen (secondary N) is 2. The molecule has 2 saturated heterocycles. The van der Waals surface area contributed by atoms with Gasteiger partial charge in [-0.2, -0.15) is 4.31 Å². The molecule has 132 valence electrons. The van der Waals surface area contributed by atoms with Crippen molar-refractivity contribution in [3.8, 4) is 0 Å². The van der Waals surface area contributed by atoms with Crippen molar-refractivity contribution in [2.45, 2.75) is 43.0 Å². The molecule has 2 aliphatic heterocycles. The monoisotopic (exact) mass is 351 g/mol. The summed E-state index contributed by atoms with van der Waals surface area (Å²) in [7, 11) is -3.51. The van der Waals surface area contributed by atoms with Crippen molar-refractivity contribution in [3.05, 3.63) is 29.8 Å². The number of nitrogens with zero attached hydrogens (tertiary/aromatic N) is 1. The van der Waals surface area contributed by atoms with E-state index in [-0.39, 0.29) is 16.8 Å². The van der Waals surface area contributed by atoms with Crippen molar-refractivity contribution in [2.75, 3.05) is 26.2 Å². The van der Waals surface area contributed by atoms with Crippen LogP contribution in [0.1, 0.15) is 42.5 Å². The van der Waals surface area contributed by atoms with Crippen LogP contribution in [0.25, 0.3) is 0 Å². The smallest absolute Gasteiger partial charge is 0.251 e. The van der Waals surface area contributed by atoms with Crippen LogP contribution in [0.3, 0.4) is 0 Å². The summed E-state index contributed by atoms with van der Waals surface area (Å²) < 4.78 is 27.0. The highest BCUT2D eigenvalue weighted by molar-refractivity contribution is 7.89. The third-order valence-corrected chi connectivity index (χ3v) is 6.58. The topological polar surface area (TPSA) is 78.5 Å². The van der Waals surface area contributed by atoms with Gasteiger partial charge < -0.3 is 10.6 Å². The van der Waals surface area contributed by atoms with E-state index in [1.165, 1.54) is 10.4 Å². The van der Waals surface area contributed by atoms with E-state index in [1.54, 1.807) is 18.2 Å². The number of carbonyl (C=O) groups is 1. The van der Waals surface area contributed by atoms with E-state index in [2.05, 4.69) is 10.6 Å². The van der Waals surface area contributed by atoms with Gasteiger partial charge in [-0.1, -0.05) is 12.5 Å². The van der Waals surface area contributed by atoms with Gasteiger partial charge in [0, 0.05) is 31.2 Å². The molecule has 0 bridgehead atoms. The standard InChI is InChI=1S/C17H25N3O3S/c21-17(19-15-7-5-9-18-13-15)14-6-4-8-16(12-14)24(22,23)20-10-2-1-3-11-20/h4,6,8,12,15,18H,1-3,5,7,9-11,13H2,(H,19,21)/t15-/m0/s1. The molecule has 1 aromatic carbocycles. The number of benzene rings is 1. The summed E-state index contributed by atoms with van der Waals surface area (Å²) in [5.74, 6) is -0.209. The number of hydrogen-bond donors (Lipinski definition) is 2. The molecule has 1 aromatic rings. The Morgan fingerprint density at radius 1 is 1.17 bits per heavy atom. The zero-order valence-corrected chi connectivity index (χ0v) is 14.6. The van der Waals surface area contributed by atoms with E-state index in [0.717, 1.165) is 45.2 Å². The maximum atomic E-state index is 12.7. The average molecular weight is 351 g/mol. The summed E-state index contributed by atoms with van der Waals surface area (Å²) >= 11 is 0. The fourth-order valence-electron chi connectivity index (χ4n) is 3.30. The number of carbonyl (C=O) groups excluding carboxylic acids is 1. The van der Waals surface area contributed by atoms with Crippen LogP contribution in [0, 0.1) is 0 Å². The van der Waals surface area contributed by atoms with Crippen LogP contribution >= 0.6 is 0 Å². The lowest BCUT2D eigenvalue weighted by Gasteiger charge is -2.26. The Morgan fingerprint density at radius 3 is 2.67 bits per heavy atom. The number of piperidine rings is 2. The molecule has 0 spiro atoms. The second-order valence-electron chi connectivity index (χ2n) is 6.51. The number of hydrogen-bond acceptors (Lipinski definition) is 4. The Morgan fingerprint density at radius 2 is 1.96 bits per heavy atom. The molecule has 6 nitrogen and oxygen atoms in total. The Kier molecular flexibility index (Phi) is 5.53. The second-order valence-corrected chi connectivity index (χ2v) is 8.45. The molecule has 2 fully saturated rings. The van der Waals surface area contributed by atoms with Gasteiger partial charge >= 0.3 is 0 Å². The number of amides is 1. The lowest BCUT2D eigenvalue weighted by atomic mass is 10.1. The first-order chi connectivity index (χ1) is 11.6. The molecule has 0 radical (unpaired) electrons. The normalized spacial score (nSPS) is 22.9. The SMILES string of the molecule is O=C(N[C@H]1CCCNC1)c1cccc(S(=O)(=O)N2CCCCC2)c1. The molecule has 0 aliphatic carbocycles. The van der Waals surface area contributed by atoms with Gasteiger partial charge in [0.05, 0.1) is 4.90 Å². The highest BCUT2D eigenvalue weighted by Crippen LogP contribution is 2.21.